The van der Waals surface area contributed by atoms with E-state index in [0.29, 0.717) is 12.1 Å². The van der Waals surface area contributed by atoms with Crippen molar-refractivity contribution in [2.75, 3.05) is 0 Å². The quantitative estimate of drug-likeness (QED) is 0.872. The monoisotopic (exact) mass is 274 g/mol. The van der Waals surface area contributed by atoms with Crippen LogP contribution in [0.25, 0.3) is 5.69 Å². The first-order valence-corrected chi connectivity index (χ1v) is 6.19. The molecule has 2 N–H and O–H groups in total. The van der Waals surface area contributed by atoms with Crippen LogP contribution < -0.4 is 0 Å². The molecule has 0 atom stereocenters. The van der Waals surface area contributed by atoms with Crippen molar-refractivity contribution in [3.8, 4) is 5.69 Å². The van der Waals surface area contributed by atoms with Gasteiger partial charge in [0.15, 0.2) is 5.69 Å². The second-order valence-corrected chi connectivity index (χ2v) is 4.34. The third-order valence-electron chi connectivity index (χ3n) is 2.87. The molecule has 0 fully saturated rings. The summed E-state index contributed by atoms with van der Waals surface area (Å²) in [5.74, 6) is -2.08. The first kappa shape index (κ1) is 13.8. The van der Waals surface area contributed by atoms with Crippen LogP contribution in [0.15, 0.2) is 30.3 Å². The number of rotatable bonds is 5. The lowest BCUT2D eigenvalue weighted by molar-refractivity contribution is 0.0682. The van der Waals surface area contributed by atoms with Crippen LogP contribution in [0.3, 0.4) is 0 Å². The molecule has 0 aliphatic heterocycles. The highest BCUT2D eigenvalue weighted by Crippen LogP contribution is 2.15. The Morgan fingerprint density at radius 3 is 2.30 bits per heavy atom. The van der Waals surface area contributed by atoms with E-state index in [2.05, 4.69) is 5.10 Å². The molecule has 20 heavy (non-hydrogen) atoms. The zero-order valence-corrected chi connectivity index (χ0v) is 10.9. The van der Waals surface area contributed by atoms with Gasteiger partial charge in [-0.05, 0) is 36.8 Å². The molecule has 2 rings (SSSR count). The maximum Gasteiger partial charge on any atom is 0.356 e. The molecule has 0 aliphatic carbocycles. The summed E-state index contributed by atoms with van der Waals surface area (Å²) < 4.78 is 1.54. The zero-order valence-electron chi connectivity index (χ0n) is 10.9. The van der Waals surface area contributed by atoms with Crippen molar-refractivity contribution in [1.29, 1.82) is 0 Å². The Hall–Kier alpha value is -2.63. The number of carboxylic acids is 2. The van der Waals surface area contributed by atoms with Gasteiger partial charge in [-0.2, -0.15) is 5.10 Å². The van der Waals surface area contributed by atoms with Gasteiger partial charge in [0.1, 0.15) is 0 Å². The Labute approximate surface area is 115 Å². The van der Waals surface area contributed by atoms with Crippen molar-refractivity contribution in [3.05, 3.63) is 47.3 Å². The molecule has 0 unspecified atom stereocenters. The molecule has 1 aromatic heterocycles. The van der Waals surface area contributed by atoms with Gasteiger partial charge in [-0.25, -0.2) is 14.3 Å². The molecule has 0 amide bonds. The number of benzene rings is 1. The van der Waals surface area contributed by atoms with Crippen molar-refractivity contribution in [2.24, 2.45) is 0 Å². The number of aryl methyl sites for hydroxylation is 1. The topological polar surface area (TPSA) is 92.4 Å². The van der Waals surface area contributed by atoms with Crippen molar-refractivity contribution >= 4 is 11.9 Å². The maximum absolute atomic E-state index is 11.0. The summed E-state index contributed by atoms with van der Waals surface area (Å²) in [5, 5.41) is 21.9. The smallest absolute Gasteiger partial charge is 0.356 e. The number of carboxylic acid groups (broad SMARTS) is 2. The largest absolute Gasteiger partial charge is 0.478 e. The van der Waals surface area contributed by atoms with Gasteiger partial charge < -0.3 is 10.2 Å². The summed E-state index contributed by atoms with van der Waals surface area (Å²) in [6.07, 6.45) is 1.55. The molecule has 1 heterocycles. The SMILES string of the molecule is CCCc1cc(C(=O)O)nn1-c1ccc(C(=O)O)cc1. The Bertz CT molecular complexity index is 644. The maximum atomic E-state index is 11.0. The normalized spacial score (nSPS) is 10.4. The number of aromatic carboxylic acids is 2. The van der Waals surface area contributed by atoms with Gasteiger partial charge in [0, 0.05) is 5.69 Å². The number of nitrogens with zero attached hydrogens (tertiary/aromatic N) is 2. The number of hydrogen-bond donors (Lipinski definition) is 2. The summed E-state index contributed by atoms with van der Waals surface area (Å²) in [7, 11) is 0. The molecular formula is C14H14N2O4. The van der Waals surface area contributed by atoms with Crippen LogP contribution in [0.4, 0.5) is 0 Å². The highest BCUT2D eigenvalue weighted by molar-refractivity contribution is 5.88. The zero-order chi connectivity index (χ0) is 14.7. The fourth-order valence-corrected chi connectivity index (χ4v) is 1.93. The minimum Gasteiger partial charge on any atom is -0.478 e. The van der Waals surface area contributed by atoms with E-state index in [1.54, 1.807) is 16.8 Å². The van der Waals surface area contributed by atoms with E-state index in [9.17, 15) is 9.59 Å². The predicted molar refractivity (Wildman–Crippen MR) is 71.5 cm³/mol. The molecule has 0 bridgehead atoms. The minimum atomic E-state index is -1.08. The second-order valence-electron chi connectivity index (χ2n) is 4.34. The van der Waals surface area contributed by atoms with Gasteiger partial charge in [-0.3, -0.25) is 0 Å². The Kier molecular flexibility index (Phi) is 3.84. The average molecular weight is 274 g/mol. The number of hydrogen-bond acceptors (Lipinski definition) is 3. The molecular weight excluding hydrogens is 260 g/mol. The third-order valence-corrected chi connectivity index (χ3v) is 2.87. The molecule has 2 aromatic rings. The lowest BCUT2D eigenvalue weighted by atomic mass is 10.2. The average Bonchev–Trinajstić information content (AvgIpc) is 2.83. The van der Waals surface area contributed by atoms with Gasteiger partial charge in [0.05, 0.1) is 11.3 Å². The molecule has 0 saturated carbocycles. The van der Waals surface area contributed by atoms with Crippen LogP contribution >= 0.6 is 0 Å². The van der Waals surface area contributed by atoms with Gasteiger partial charge in [0.25, 0.3) is 0 Å². The van der Waals surface area contributed by atoms with Crippen molar-refractivity contribution in [3.63, 3.8) is 0 Å². The van der Waals surface area contributed by atoms with Gasteiger partial charge >= 0.3 is 11.9 Å². The van der Waals surface area contributed by atoms with Crippen LogP contribution in [0.2, 0.25) is 0 Å². The lowest BCUT2D eigenvalue weighted by Crippen LogP contribution is -2.04. The first-order chi connectivity index (χ1) is 9.52. The lowest BCUT2D eigenvalue weighted by Gasteiger charge is -2.06. The van der Waals surface area contributed by atoms with E-state index in [4.69, 9.17) is 10.2 Å². The van der Waals surface area contributed by atoms with Crippen LogP contribution in [0.1, 0.15) is 39.9 Å². The Morgan fingerprint density at radius 2 is 1.80 bits per heavy atom. The predicted octanol–water partition coefficient (Wildman–Crippen LogP) is 2.22. The van der Waals surface area contributed by atoms with Crippen molar-refractivity contribution < 1.29 is 19.8 Å². The van der Waals surface area contributed by atoms with E-state index in [1.165, 1.54) is 18.2 Å². The number of carbonyl (C=O) groups is 2. The van der Waals surface area contributed by atoms with Crippen LogP contribution in [-0.2, 0) is 6.42 Å². The molecule has 6 heteroatoms. The van der Waals surface area contributed by atoms with Crippen molar-refractivity contribution in [2.45, 2.75) is 19.8 Å². The van der Waals surface area contributed by atoms with Gasteiger partial charge in [-0.1, -0.05) is 13.3 Å². The highest BCUT2D eigenvalue weighted by atomic mass is 16.4. The van der Waals surface area contributed by atoms with E-state index in [1.807, 2.05) is 6.92 Å². The third kappa shape index (κ3) is 2.69. The van der Waals surface area contributed by atoms with Crippen LogP contribution in [0, 0.1) is 0 Å². The van der Waals surface area contributed by atoms with Gasteiger partial charge in [0.2, 0.25) is 0 Å². The number of aromatic nitrogens is 2. The van der Waals surface area contributed by atoms with E-state index in [0.717, 1.165) is 12.1 Å². The second kappa shape index (κ2) is 5.56. The fourth-order valence-electron chi connectivity index (χ4n) is 1.93. The van der Waals surface area contributed by atoms with Crippen LogP contribution in [0.5, 0.6) is 0 Å². The molecule has 104 valence electrons. The first-order valence-electron chi connectivity index (χ1n) is 6.19. The Morgan fingerprint density at radius 1 is 1.15 bits per heavy atom. The molecule has 0 spiro atoms. The summed E-state index contributed by atoms with van der Waals surface area (Å²) in [5.41, 5.74) is 1.59. The standard InChI is InChI=1S/C14H14N2O4/c1-2-3-11-8-12(14(19)20)15-16(11)10-6-4-9(5-7-10)13(17)18/h4-8H,2-3H2,1H3,(H,17,18)(H,19,20). The van der Waals surface area contributed by atoms with E-state index in [-0.39, 0.29) is 11.3 Å². The van der Waals surface area contributed by atoms with E-state index >= 15 is 0 Å². The highest BCUT2D eigenvalue weighted by Gasteiger charge is 2.14. The molecule has 0 radical (unpaired) electrons. The summed E-state index contributed by atoms with van der Waals surface area (Å²) in [4.78, 5) is 21.8. The summed E-state index contributed by atoms with van der Waals surface area (Å²) in [6.45, 7) is 1.99. The summed E-state index contributed by atoms with van der Waals surface area (Å²) in [6, 6.07) is 7.70. The van der Waals surface area contributed by atoms with Crippen molar-refractivity contribution in [1.82, 2.24) is 9.78 Å². The molecule has 0 aliphatic rings. The fraction of sp³-hybridized carbons (Fsp3) is 0.214. The molecule has 1 aromatic carbocycles. The summed E-state index contributed by atoms with van der Waals surface area (Å²) >= 11 is 0. The minimum absolute atomic E-state index is 0.0178. The molecule has 0 saturated heterocycles. The van der Waals surface area contributed by atoms with E-state index < -0.39 is 11.9 Å². The Balaban J connectivity index is 2.44. The van der Waals surface area contributed by atoms with Crippen LogP contribution in [-0.4, -0.2) is 31.9 Å². The molecule has 6 nitrogen and oxygen atoms in total. The van der Waals surface area contributed by atoms with Gasteiger partial charge in [-0.15, -0.1) is 0 Å².